The Hall–Kier alpha value is -1.50. The van der Waals surface area contributed by atoms with Gasteiger partial charge in [0.1, 0.15) is 0 Å². The van der Waals surface area contributed by atoms with Crippen molar-refractivity contribution in [2.45, 2.75) is 12.2 Å². The molecule has 0 aromatic carbocycles. The molecule has 3 amide bonds. The van der Waals surface area contributed by atoms with E-state index in [1.165, 1.54) is 0 Å². The minimum absolute atomic E-state index is 0.246. The van der Waals surface area contributed by atoms with Crippen LogP contribution in [0.25, 0.3) is 0 Å². The van der Waals surface area contributed by atoms with Crippen LogP contribution in [0.4, 0.5) is 4.79 Å². The smallest absolute Gasteiger partial charge is 0.328 e. The lowest BCUT2D eigenvalue weighted by Gasteiger charge is -2.09. The summed E-state index contributed by atoms with van der Waals surface area (Å²) < 4.78 is 0. The summed E-state index contributed by atoms with van der Waals surface area (Å²) in [7, 11) is 0. The fraction of sp³-hybridized carbons (Fsp3) is 0.444. The third kappa shape index (κ3) is 7.86. The zero-order valence-electron chi connectivity index (χ0n) is 9.02. The van der Waals surface area contributed by atoms with Crippen LogP contribution in [-0.4, -0.2) is 41.1 Å². The van der Waals surface area contributed by atoms with Gasteiger partial charge < -0.3 is 10.4 Å². The highest BCUT2D eigenvalue weighted by Gasteiger charge is 2.06. The van der Waals surface area contributed by atoms with Crippen LogP contribution in [0.15, 0.2) is 12.2 Å². The van der Waals surface area contributed by atoms with Crippen molar-refractivity contribution in [2.75, 3.05) is 12.8 Å². The van der Waals surface area contributed by atoms with Crippen molar-refractivity contribution in [1.29, 1.82) is 0 Å². The second-order valence-electron chi connectivity index (χ2n) is 2.92. The summed E-state index contributed by atoms with van der Waals surface area (Å²) in [5.74, 6) is -2.01. The number of nitrogens with one attached hydrogen (secondary N) is 2. The molecule has 7 heteroatoms. The van der Waals surface area contributed by atoms with Crippen molar-refractivity contribution in [2.24, 2.45) is 0 Å². The maximum Gasteiger partial charge on any atom is 0.328 e. The van der Waals surface area contributed by atoms with Crippen molar-refractivity contribution >= 4 is 29.7 Å². The van der Waals surface area contributed by atoms with E-state index < -0.39 is 17.9 Å². The Labute approximate surface area is 97.5 Å². The lowest BCUT2D eigenvalue weighted by molar-refractivity contribution is -0.131. The van der Waals surface area contributed by atoms with Crippen LogP contribution < -0.4 is 10.6 Å². The summed E-state index contributed by atoms with van der Waals surface area (Å²) in [6.45, 7) is 2.36. The fourth-order valence-electron chi connectivity index (χ4n) is 0.664. The molecule has 0 fully saturated rings. The number of carboxylic acids is 1. The van der Waals surface area contributed by atoms with E-state index in [0.717, 1.165) is 6.08 Å². The molecule has 1 atom stereocenters. The zero-order valence-corrected chi connectivity index (χ0v) is 9.84. The minimum atomic E-state index is -1.24. The standard InChI is InChI=1S/C9H14N2O4S/c1-6(16-2)5-10-9(15)11-7(12)3-4-8(13)14/h3-4,6H,5H2,1-2H3,(H,13,14)(H2,10,11,12,15)/b4-3+. The molecule has 0 aliphatic heterocycles. The van der Waals surface area contributed by atoms with Gasteiger partial charge in [-0.2, -0.15) is 11.8 Å². The molecule has 0 aromatic rings. The highest BCUT2D eigenvalue weighted by Crippen LogP contribution is 2.01. The normalized spacial score (nSPS) is 12.1. The highest BCUT2D eigenvalue weighted by atomic mass is 32.2. The van der Waals surface area contributed by atoms with Crippen LogP contribution in [0.1, 0.15) is 6.92 Å². The number of hydrogen-bond donors (Lipinski definition) is 3. The summed E-state index contributed by atoms with van der Waals surface area (Å²) in [5.41, 5.74) is 0. The molecule has 0 saturated heterocycles. The average molecular weight is 246 g/mol. The first kappa shape index (κ1) is 14.5. The Morgan fingerprint density at radius 1 is 1.38 bits per heavy atom. The first-order valence-electron chi connectivity index (χ1n) is 4.48. The van der Waals surface area contributed by atoms with Gasteiger partial charge in [-0.25, -0.2) is 9.59 Å². The molecule has 0 aliphatic carbocycles. The number of rotatable bonds is 5. The molecule has 0 aromatic heterocycles. The number of amides is 3. The number of carboxylic acid groups (broad SMARTS) is 1. The molecule has 0 bridgehead atoms. The Bertz CT molecular complexity index is 304. The maximum atomic E-state index is 11.1. The molecule has 0 spiro atoms. The number of hydrogen-bond acceptors (Lipinski definition) is 4. The molecular formula is C9H14N2O4S. The first-order valence-corrected chi connectivity index (χ1v) is 5.77. The molecule has 0 saturated carbocycles. The van der Waals surface area contributed by atoms with Gasteiger partial charge >= 0.3 is 12.0 Å². The average Bonchev–Trinajstić information content (AvgIpc) is 2.23. The zero-order chi connectivity index (χ0) is 12.6. The highest BCUT2D eigenvalue weighted by molar-refractivity contribution is 7.99. The summed E-state index contributed by atoms with van der Waals surface area (Å²) in [6.07, 6.45) is 3.35. The summed E-state index contributed by atoms with van der Waals surface area (Å²) >= 11 is 1.58. The Balaban J connectivity index is 3.87. The quantitative estimate of drug-likeness (QED) is 0.602. The van der Waals surface area contributed by atoms with Crippen molar-refractivity contribution < 1.29 is 19.5 Å². The number of imide groups is 1. The van der Waals surface area contributed by atoms with Gasteiger partial charge in [0, 0.05) is 23.9 Å². The molecule has 0 aliphatic rings. The third-order valence-corrected chi connectivity index (χ3v) is 2.54. The largest absolute Gasteiger partial charge is 0.478 e. The Kier molecular flexibility index (Phi) is 7.02. The number of carbonyl (C=O) groups excluding carboxylic acids is 2. The maximum absolute atomic E-state index is 11.1. The lowest BCUT2D eigenvalue weighted by Crippen LogP contribution is -2.41. The van der Waals surface area contributed by atoms with Crippen molar-refractivity contribution in [3.05, 3.63) is 12.2 Å². The monoisotopic (exact) mass is 246 g/mol. The van der Waals surface area contributed by atoms with Crippen molar-refractivity contribution in [1.82, 2.24) is 10.6 Å². The molecule has 3 N–H and O–H groups in total. The van der Waals surface area contributed by atoms with Crippen LogP contribution in [0, 0.1) is 0 Å². The first-order chi connectivity index (χ1) is 7.45. The Morgan fingerprint density at radius 3 is 2.50 bits per heavy atom. The summed E-state index contributed by atoms with van der Waals surface area (Å²) in [6, 6.07) is -0.638. The van der Waals surface area contributed by atoms with Crippen molar-refractivity contribution in [3.8, 4) is 0 Å². The third-order valence-electron chi connectivity index (χ3n) is 1.57. The second kappa shape index (κ2) is 7.75. The van der Waals surface area contributed by atoms with Crippen LogP contribution in [0.5, 0.6) is 0 Å². The Morgan fingerprint density at radius 2 is 2.00 bits per heavy atom. The molecule has 0 rings (SSSR count). The van der Waals surface area contributed by atoms with E-state index in [4.69, 9.17) is 5.11 Å². The SMILES string of the molecule is CSC(C)CNC(=O)NC(=O)/C=C/C(=O)O. The van der Waals surface area contributed by atoms with Crippen LogP contribution in [0.2, 0.25) is 0 Å². The van der Waals surface area contributed by atoms with Crippen molar-refractivity contribution in [3.63, 3.8) is 0 Å². The van der Waals surface area contributed by atoms with E-state index >= 15 is 0 Å². The van der Waals surface area contributed by atoms with E-state index in [9.17, 15) is 14.4 Å². The van der Waals surface area contributed by atoms with Gasteiger partial charge in [0.25, 0.3) is 5.91 Å². The van der Waals surface area contributed by atoms with Gasteiger partial charge in [-0.1, -0.05) is 6.92 Å². The molecule has 0 heterocycles. The molecule has 16 heavy (non-hydrogen) atoms. The van der Waals surface area contributed by atoms with Crippen LogP contribution in [0.3, 0.4) is 0 Å². The van der Waals surface area contributed by atoms with Gasteiger partial charge in [-0.05, 0) is 6.26 Å². The van der Waals surface area contributed by atoms with Gasteiger partial charge in [0.05, 0.1) is 0 Å². The van der Waals surface area contributed by atoms with E-state index in [1.54, 1.807) is 11.8 Å². The topological polar surface area (TPSA) is 95.5 Å². The van der Waals surface area contributed by atoms with Crippen LogP contribution in [-0.2, 0) is 9.59 Å². The van der Waals surface area contributed by atoms with E-state index in [-0.39, 0.29) is 5.25 Å². The lowest BCUT2D eigenvalue weighted by atomic mass is 10.4. The fourth-order valence-corrected chi connectivity index (χ4v) is 0.914. The molecule has 90 valence electrons. The van der Waals surface area contributed by atoms with Crippen LogP contribution >= 0.6 is 11.8 Å². The van der Waals surface area contributed by atoms with E-state index in [1.807, 2.05) is 18.5 Å². The number of carbonyl (C=O) groups is 3. The number of urea groups is 1. The van der Waals surface area contributed by atoms with Gasteiger partial charge in [-0.15, -0.1) is 0 Å². The molecule has 0 radical (unpaired) electrons. The summed E-state index contributed by atoms with van der Waals surface area (Å²) in [4.78, 5) is 32.1. The number of thioether (sulfide) groups is 1. The van der Waals surface area contributed by atoms with Gasteiger partial charge in [0.2, 0.25) is 0 Å². The number of aliphatic carboxylic acids is 1. The minimum Gasteiger partial charge on any atom is -0.478 e. The molecular weight excluding hydrogens is 232 g/mol. The van der Waals surface area contributed by atoms with Gasteiger partial charge in [0.15, 0.2) is 0 Å². The predicted octanol–water partition coefficient (Wildman–Crippen LogP) is 0.204. The van der Waals surface area contributed by atoms with E-state index in [2.05, 4.69) is 5.32 Å². The summed E-state index contributed by atoms with van der Waals surface area (Å²) in [5, 5.41) is 12.9. The molecule has 1 unspecified atom stereocenters. The predicted molar refractivity (Wildman–Crippen MR) is 61.3 cm³/mol. The molecule has 6 nitrogen and oxygen atoms in total. The second-order valence-corrected chi connectivity index (χ2v) is 4.19. The van der Waals surface area contributed by atoms with Gasteiger partial charge in [-0.3, -0.25) is 10.1 Å². The van der Waals surface area contributed by atoms with E-state index in [0.29, 0.717) is 12.6 Å².